The molecule has 0 heterocycles. The molecule has 0 saturated carbocycles. The average molecular weight is 202 g/mol. The van der Waals surface area contributed by atoms with Crippen LogP contribution < -0.4 is 0 Å². The molecule has 1 aromatic carbocycles. The number of hydrogen-bond acceptors (Lipinski definition) is 0. The van der Waals surface area contributed by atoms with Gasteiger partial charge in [-0.05, 0) is 19.8 Å². The zero-order chi connectivity index (χ0) is 11.3. The molecule has 80 valence electrons. The molecule has 0 amide bonds. The van der Waals surface area contributed by atoms with Crippen LogP contribution in [0.1, 0.15) is 19.4 Å². The molecular weight excluding hydrogens is 182 g/mol. The van der Waals surface area contributed by atoms with E-state index in [1.807, 2.05) is 6.07 Å². The van der Waals surface area contributed by atoms with Crippen molar-refractivity contribution in [1.29, 1.82) is 0 Å². The van der Waals surface area contributed by atoms with Crippen molar-refractivity contribution >= 4 is 0 Å². The summed E-state index contributed by atoms with van der Waals surface area (Å²) < 4.78 is 0.903. The first-order chi connectivity index (χ1) is 7.08. The van der Waals surface area contributed by atoms with Crippen molar-refractivity contribution in [2.75, 3.05) is 13.6 Å². The number of hydrogen-bond donors (Lipinski definition) is 0. The van der Waals surface area contributed by atoms with Crippen molar-refractivity contribution in [2.24, 2.45) is 0 Å². The quantitative estimate of drug-likeness (QED) is 0.520. The second-order valence-corrected chi connectivity index (χ2v) is 4.58. The molecule has 0 aromatic heterocycles. The predicted molar refractivity (Wildman–Crippen MR) is 65.2 cm³/mol. The van der Waals surface area contributed by atoms with Gasteiger partial charge < -0.3 is 4.48 Å². The van der Waals surface area contributed by atoms with Crippen LogP contribution in [0.5, 0.6) is 0 Å². The van der Waals surface area contributed by atoms with Crippen molar-refractivity contribution < 1.29 is 4.48 Å². The summed E-state index contributed by atoms with van der Waals surface area (Å²) in [5, 5.41) is 0. The number of quaternary nitrogens is 1. The maximum absolute atomic E-state index is 5.44. The first-order valence-electron chi connectivity index (χ1n) is 5.40. The molecule has 1 rings (SSSR count). The summed E-state index contributed by atoms with van der Waals surface area (Å²) in [5.74, 6) is 2.78. The predicted octanol–water partition coefficient (Wildman–Crippen LogP) is 2.67. The molecule has 0 radical (unpaired) electrons. The normalized spacial score (nSPS) is 14.6. The lowest BCUT2D eigenvalue weighted by atomic mass is 10.1. The van der Waals surface area contributed by atoms with E-state index in [2.05, 4.69) is 51.1 Å². The lowest BCUT2D eigenvalue weighted by Gasteiger charge is -2.37. The summed E-state index contributed by atoms with van der Waals surface area (Å²) in [6.45, 7) is 6.23. The van der Waals surface area contributed by atoms with E-state index in [0.29, 0.717) is 6.04 Å². The summed E-state index contributed by atoms with van der Waals surface area (Å²) in [6, 6.07) is 11.1. The Morgan fingerprint density at radius 2 is 1.87 bits per heavy atom. The minimum atomic E-state index is 0.543. The summed E-state index contributed by atoms with van der Waals surface area (Å²) in [5.41, 5.74) is 1.35. The highest BCUT2D eigenvalue weighted by atomic mass is 15.3. The third-order valence-electron chi connectivity index (χ3n) is 3.09. The molecule has 0 aliphatic rings. The molecular formula is C14H20N+. The van der Waals surface area contributed by atoms with E-state index >= 15 is 0 Å². The van der Waals surface area contributed by atoms with E-state index in [0.717, 1.165) is 17.6 Å². The van der Waals surface area contributed by atoms with Crippen molar-refractivity contribution in [3.05, 3.63) is 35.9 Å². The van der Waals surface area contributed by atoms with Gasteiger partial charge in [0.2, 0.25) is 0 Å². The van der Waals surface area contributed by atoms with E-state index < -0.39 is 0 Å². The van der Waals surface area contributed by atoms with Crippen LogP contribution >= 0.6 is 0 Å². The maximum Gasteiger partial charge on any atom is 0.140 e. The van der Waals surface area contributed by atoms with E-state index in [9.17, 15) is 0 Å². The van der Waals surface area contributed by atoms with Crippen LogP contribution in [0, 0.1) is 12.3 Å². The topological polar surface area (TPSA) is 0 Å². The smallest absolute Gasteiger partial charge is 0.140 e. The van der Waals surface area contributed by atoms with Crippen molar-refractivity contribution in [3.63, 3.8) is 0 Å². The van der Waals surface area contributed by atoms with Crippen LogP contribution in [0.4, 0.5) is 0 Å². The van der Waals surface area contributed by atoms with E-state index in [-0.39, 0.29) is 0 Å². The Morgan fingerprint density at radius 3 is 2.33 bits per heavy atom. The fourth-order valence-corrected chi connectivity index (χ4v) is 1.63. The van der Waals surface area contributed by atoms with Gasteiger partial charge in [0.05, 0.1) is 13.1 Å². The Balaban J connectivity index is 2.81. The standard InChI is InChI=1S/C14H20N/c1-5-11-15(4,13(2)3)12-14-9-7-6-8-10-14/h1,6-10,13H,11-12H2,2-4H3/q+1/t15-/m1/s1. The van der Waals surface area contributed by atoms with Gasteiger partial charge in [-0.1, -0.05) is 30.3 Å². The molecule has 0 N–H and O–H groups in total. The fraction of sp³-hybridized carbons (Fsp3) is 0.429. The Morgan fingerprint density at radius 1 is 1.27 bits per heavy atom. The Kier molecular flexibility index (Phi) is 3.94. The second-order valence-electron chi connectivity index (χ2n) is 4.58. The SMILES string of the molecule is C#CC[N@+](C)(Cc1ccccc1)C(C)C. The number of rotatable bonds is 4. The van der Waals surface area contributed by atoms with Crippen molar-refractivity contribution in [2.45, 2.75) is 26.4 Å². The molecule has 0 aliphatic heterocycles. The van der Waals surface area contributed by atoms with Crippen LogP contribution in [0.2, 0.25) is 0 Å². The highest BCUT2D eigenvalue weighted by molar-refractivity contribution is 5.13. The third-order valence-corrected chi connectivity index (χ3v) is 3.09. The molecule has 0 fully saturated rings. The molecule has 1 heteroatoms. The van der Waals surface area contributed by atoms with Gasteiger partial charge in [-0.2, -0.15) is 0 Å². The molecule has 0 bridgehead atoms. The van der Waals surface area contributed by atoms with Gasteiger partial charge in [-0.3, -0.25) is 0 Å². The maximum atomic E-state index is 5.44. The molecule has 1 atom stereocenters. The van der Waals surface area contributed by atoms with Crippen molar-refractivity contribution in [3.8, 4) is 12.3 Å². The first-order valence-corrected chi connectivity index (χ1v) is 5.40. The molecule has 1 nitrogen and oxygen atoms in total. The van der Waals surface area contributed by atoms with Gasteiger partial charge in [0.15, 0.2) is 0 Å². The minimum Gasteiger partial charge on any atom is -0.310 e. The van der Waals surface area contributed by atoms with E-state index in [4.69, 9.17) is 6.42 Å². The average Bonchev–Trinajstić information content (AvgIpc) is 2.19. The van der Waals surface area contributed by atoms with Gasteiger partial charge in [0, 0.05) is 5.56 Å². The Hall–Kier alpha value is -1.26. The number of nitrogens with zero attached hydrogens (tertiary/aromatic N) is 1. The molecule has 0 saturated heterocycles. The Bertz CT molecular complexity index is 334. The molecule has 1 aromatic rings. The summed E-state index contributed by atoms with van der Waals surface area (Å²) >= 11 is 0. The highest BCUT2D eigenvalue weighted by Gasteiger charge is 2.24. The largest absolute Gasteiger partial charge is 0.310 e. The fourth-order valence-electron chi connectivity index (χ4n) is 1.63. The van der Waals surface area contributed by atoms with E-state index in [1.54, 1.807) is 0 Å². The molecule has 0 unspecified atom stereocenters. The zero-order valence-electron chi connectivity index (χ0n) is 9.90. The minimum absolute atomic E-state index is 0.543. The monoisotopic (exact) mass is 202 g/mol. The molecule has 15 heavy (non-hydrogen) atoms. The van der Waals surface area contributed by atoms with Gasteiger partial charge in [0.25, 0.3) is 0 Å². The lowest BCUT2D eigenvalue weighted by Crippen LogP contribution is -2.49. The number of benzene rings is 1. The summed E-state index contributed by atoms with van der Waals surface area (Å²) in [7, 11) is 2.22. The van der Waals surface area contributed by atoms with Crippen LogP contribution in [-0.2, 0) is 6.54 Å². The third kappa shape index (κ3) is 3.11. The Labute approximate surface area is 93.3 Å². The van der Waals surface area contributed by atoms with E-state index in [1.165, 1.54) is 5.56 Å². The van der Waals surface area contributed by atoms with Gasteiger partial charge in [0.1, 0.15) is 13.1 Å². The summed E-state index contributed by atoms with van der Waals surface area (Å²) in [6.07, 6.45) is 5.44. The first kappa shape index (κ1) is 11.8. The van der Waals surface area contributed by atoms with Crippen molar-refractivity contribution in [1.82, 2.24) is 0 Å². The number of terminal acetylenes is 1. The second kappa shape index (κ2) is 5.00. The van der Waals surface area contributed by atoms with Crippen LogP contribution in [0.15, 0.2) is 30.3 Å². The van der Waals surface area contributed by atoms with Crippen LogP contribution in [-0.4, -0.2) is 24.1 Å². The molecule has 0 spiro atoms. The highest BCUT2D eigenvalue weighted by Crippen LogP contribution is 2.15. The zero-order valence-corrected chi connectivity index (χ0v) is 9.90. The van der Waals surface area contributed by atoms with Gasteiger partial charge in [-0.25, -0.2) is 0 Å². The lowest BCUT2D eigenvalue weighted by molar-refractivity contribution is -0.936. The molecule has 0 aliphatic carbocycles. The van der Waals surface area contributed by atoms with Gasteiger partial charge >= 0.3 is 0 Å². The van der Waals surface area contributed by atoms with Crippen LogP contribution in [0.25, 0.3) is 0 Å². The van der Waals surface area contributed by atoms with Gasteiger partial charge in [-0.15, -0.1) is 6.42 Å². The van der Waals surface area contributed by atoms with Crippen LogP contribution in [0.3, 0.4) is 0 Å². The summed E-state index contributed by atoms with van der Waals surface area (Å²) in [4.78, 5) is 0.